The minimum absolute atomic E-state index is 0.0259. The highest BCUT2D eigenvalue weighted by Crippen LogP contribution is 2.39. The Hall–Kier alpha value is -5.98. The van der Waals surface area contributed by atoms with E-state index in [2.05, 4.69) is 20.2 Å². The lowest BCUT2D eigenvalue weighted by Crippen LogP contribution is -2.58. The first kappa shape index (κ1) is 43.1. The number of rotatable bonds is 6. The maximum absolute atomic E-state index is 12.9. The van der Waals surface area contributed by atoms with Gasteiger partial charge in [0, 0.05) is 35.7 Å². The summed E-state index contributed by atoms with van der Waals surface area (Å²) in [6.45, 7) is -2.99. The summed E-state index contributed by atoms with van der Waals surface area (Å²) in [6, 6.07) is 1.81. The third-order valence-electron chi connectivity index (χ3n) is 7.76. The molecule has 0 bridgehead atoms. The Bertz CT molecular complexity index is 2000. The lowest BCUT2D eigenvalue weighted by atomic mass is 10.0. The zero-order valence-electron chi connectivity index (χ0n) is 28.2. The van der Waals surface area contributed by atoms with Crippen LogP contribution in [0.2, 0.25) is 0 Å². The molecule has 2 fully saturated rings. The summed E-state index contributed by atoms with van der Waals surface area (Å²) in [4.78, 5) is 32.3. The van der Waals surface area contributed by atoms with Gasteiger partial charge in [-0.3, -0.25) is 9.59 Å². The minimum Gasteiger partial charge on any atom is -0.327 e. The van der Waals surface area contributed by atoms with Crippen molar-refractivity contribution in [1.82, 2.24) is 39.3 Å². The highest BCUT2D eigenvalue weighted by molar-refractivity contribution is 5.91. The Morgan fingerprint density at radius 2 is 0.776 bits per heavy atom. The Morgan fingerprint density at radius 3 is 1.02 bits per heavy atom. The molecule has 0 unspecified atom stereocenters. The second-order valence-electron chi connectivity index (χ2n) is 12.4. The third-order valence-corrected chi connectivity index (χ3v) is 7.76. The van der Waals surface area contributed by atoms with Crippen molar-refractivity contribution in [3.05, 3.63) is 83.5 Å². The number of carbonyl (C=O) groups is 2. The Labute approximate surface area is 312 Å². The van der Waals surface area contributed by atoms with Crippen LogP contribution in [0.15, 0.2) is 61.2 Å². The van der Waals surface area contributed by atoms with Crippen LogP contribution < -0.4 is 0 Å². The van der Waals surface area contributed by atoms with Gasteiger partial charge in [-0.05, 0) is 36.4 Å². The first-order valence-corrected chi connectivity index (χ1v) is 15.6. The molecular formula is C32H20F16N8O2. The van der Waals surface area contributed by atoms with Crippen molar-refractivity contribution < 1.29 is 79.8 Å². The Kier molecular flexibility index (Phi) is 11.2. The molecule has 2 amide bonds. The van der Waals surface area contributed by atoms with Crippen molar-refractivity contribution in [1.29, 1.82) is 0 Å². The predicted molar refractivity (Wildman–Crippen MR) is 165 cm³/mol. The molecule has 2 aliphatic heterocycles. The summed E-state index contributed by atoms with van der Waals surface area (Å²) in [5, 5.41) is 7.39. The number of aromatic nitrogens is 6. The normalized spacial score (nSPS) is 16.9. The number of hydrogen-bond donors (Lipinski definition) is 0. The van der Waals surface area contributed by atoms with Gasteiger partial charge in [0.15, 0.2) is 11.6 Å². The molecule has 0 radical (unpaired) electrons. The van der Waals surface area contributed by atoms with Gasteiger partial charge in [-0.1, -0.05) is 0 Å². The lowest BCUT2D eigenvalue weighted by Gasteiger charge is -2.37. The van der Waals surface area contributed by atoms with Gasteiger partial charge in [0.2, 0.25) is 11.8 Å². The van der Waals surface area contributed by atoms with Crippen LogP contribution >= 0.6 is 0 Å². The molecule has 0 atom stereocenters. The average Bonchev–Trinajstić information content (AvgIpc) is 3.76. The second-order valence-corrected chi connectivity index (χ2v) is 12.4. The minimum atomic E-state index is -5.02. The molecule has 312 valence electrons. The lowest BCUT2D eigenvalue weighted by molar-refractivity contribution is -0.160. The number of carbonyl (C=O) groups excluding carboxylic acids is 2. The molecule has 58 heavy (non-hydrogen) atoms. The van der Waals surface area contributed by atoms with E-state index >= 15 is 0 Å². The predicted octanol–water partition coefficient (Wildman–Crippen LogP) is 7.86. The maximum atomic E-state index is 12.9. The van der Waals surface area contributed by atoms with E-state index in [0.717, 1.165) is 56.4 Å². The average molecular weight is 853 g/mol. The molecule has 26 heteroatoms. The summed E-state index contributed by atoms with van der Waals surface area (Å²) >= 11 is 0. The SMILES string of the molecule is O=C(/C=C\n1cnc(-c2cc(C(F)(F)F)cc(C(F)(F)F)c2)n1)N1CC(F)(F)C1.O=C(/C=C\n1cnc(-c2cc(C(F)(F)F)cc(C(F)(F)F)c2)n1)N1CC(F)(F)C1. The van der Waals surface area contributed by atoms with Crippen LogP contribution in [0.4, 0.5) is 70.2 Å². The van der Waals surface area contributed by atoms with Crippen LogP contribution in [-0.2, 0) is 34.3 Å². The first-order valence-electron chi connectivity index (χ1n) is 15.6. The molecule has 2 saturated heterocycles. The van der Waals surface area contributed by atoms with Gasteiger partial charge in [-0.25, -0.2) is 36.9 Å². The van der Waals surface area contributed by atoms with Crippen molar-refractivity contribution in [2.75, 3.05) is 26.2 Å². The van der Waals surface area contributed by atoms with E-state index in [-0.39, 0.29) is 12.1 Å². The number of likely N-dealkylation sites (tertiary alicyclic amines) is 2. The molecule has 0 saturated carbocycles. The molecule has 2 aromatic carbocycles. The van der Waals surface area contributed by atoms with E-state index in [1.807, 2.05) is 0 Å². The highest BCUT2D eigenvalue weighted by Gasteiger charge is 2.46. The molecule has 2 aromatic heterocycles. The van der Waals surface area contributed by atoms with Crippen molar-refractivity contribution in [2.45, 2.75) is 36.6 Å². The van der Waals surface area contributed by atoms with Crippen LogP contribution in [0, 0.1) is 0 Å². The number of halogens is 16. The van der Waals surface area contributed by atoms with E-state index in [1.165, 1.54) is 0 Å². The second kappa shape index (κ2) is 15.1. The number of nitrogens with zero attached hydrogens (tertiary/aromatic N) is 8. The molecular weight excluding hydrogens is 832 g/mol. The van der Waals surface area contributed by atoms with Crippen LogP contribution in [0.25, 0.3) is 35.2 Å². The quantitative estimate of drug-likeness (QED) is 0.145. The van der Waals surface area contributed by atoms with Gasteiger partial charge in [-0.15, -0.1) is 10.2 Å². The zero-order chi connectivity index (χ0) is 43.2. The number of amides is 2. The van der Waals surface area contributed by atoms with Crippen molar-refractivity contribution >= 4 is 24.2 Å². The first-order chi connectivity index (χ1) is 26.5. The van der Waals surface area contributed by atoms with Gasteiger partial charge >= 0.3 is 24.7 Å². The standard InChI is InChI=1S/2C16H10F8N4O/c2*17-14(18)6-27(7-14)12(29)1-2-28-8-25-13(26-28)9-3-10(15(19,20)21)5-11(4-9)16(22,23)24/h2*1-5,8H,6-7H2/b2*2-1-. The molecule has 4 heterocycles. The van der Waals surface area contributed by atoms with Crippen molar-refractivity contribution in [2.24, 2.45) is 0 Å². The monoisotopic (exact) mass is 852 g/mol. The fourth-order valence-electron chi connectivity index (χ4n) is 4.95. The smallest absolute Gasteiger partial charge is 0.327 e. The van der Waals surface area contributed by atoms with Gasteiger partial charge in [0.25, 0.3) is 11.8 Å². The van der Waals surface area contributed by atoms with Gasteiger partial charge in [0.05, 0.1) is 48.4 Å². The number of benzene rings is 2. The van der Waals surface area contributed by atoms with Crippen molar-refractivity contribution in [3.63, 3.8) is 0 Å². The molecule has 0 aliphatic carbocycles. The van der Waals surface area contributed by atoms with Crippen LogP contribution in [0.5, 0.6) is 0 Å². The number of hydrogen-bond acceptors (Lipinski definition) is 6. The van der Waals surface area contributed by atoms with E-state index in [1.54, 1.807) is 0 Å². The van der Waals surface area contributed by atoms with Crippen LogP contribution in [0.3, 0.4) is 0 Å². The molecule has 4 aromatic rings. The van der Waals surface area contributed by atoms with E-state index in [4.69, 9.17) is 0 Å². The molecule has 2 aliphatic rings. The van der Waals surface area contributed by atoms with Crippen LogP contribution in [-0.4, -0.2) is 89.2 Å². The van der Waals surface area contributed by atoms with Gasteiger partial charge in [0.1, 0.15) is 12.7 Å². The fourth-order valence-corrected chi connectivity index (χ4v) is 4.95. The topological polar surface area (TPSA) is 102 Å². The number of alkyl halides is 16. The largest absolute Gasteiger partial charge is 0.416 e. The van der Waals surface area contributed by atoms with Crippen molar-refractivity contribution in [3.8, 4) is 22.8 Å². The summed E-state index contributed by atoms with van der Waals surface area (Å²) in [7, 11) is 0. The van der Waals surface area contributed by atoms with E-state index in [0.29, 0.717) is 24.3 Å². The maximum Gasteiger partial charge on any atom is 0.416 e. The van der Waals surface area contributed by atoms with E-state index < -0.39 is 120 Å². The molecule has 6 rings (SSSR count). The van der Waals surface area contributed by atoms with Gasteiger partial charge < -0.3 is 9.80 Å². The highest BCUT2D eigenvalue weighted by atomic mass is 19.4. The summed E-state index contributed by atoms with van der Waals surface area (Å²) < 4.78 is 208. The summed E-state index contributed by atoms with van der Waals surface area (Å²) in [6.07, 6.45) is -14.5. The fraction of sp³-hybridized carbons (Fsp3) is 0.312. The zero-order valence-corrected chi connectivity index (χ0v) is 28.2. The molecule has 10 nitrogen and oxygen atoms in total. The molecule has 0 N–H and O–H groups in total. The summed E-state index contributed by atoms with van der Waals surface area (Å²) in [5.41, 5.74) is -7.17. The van der Waals surface area contributed by atoms with E-state index in [9.17, 15) is 79.8 Å². The van der Waals surface area contributed by atoms with Gasteiger partial charge in [-0.2, -0.15) is 52.7 Å². The molecule has 0 spiro atoms. The Balaban J connectivity index is 0.000000221. The third kappa shape index (κ3) is 10.7. The van der Waals surface area contributed by atoms with Crippen LogP contribution in [0.1, 0.15) is 22.3 Å². The summed E-state index contributed by atoms with van der Waals surface area (Å²) in [5.74, 6) is -8.33. The Morgan fingerprint density at radius 1 is 0.500 bits per heavy atom.